The molecule has 3 saturated heterocycles. The highest BCUT2D eigenvalue weighted by Crippen LogP contribution is 2.38. The lowest BCUT2D eigenvalue weighted by molar-refractivity contribution is 0.156. The maximum absolute atomic E-state index is 5.69. The second-order valence-corrected chi connectivity index (χ2v) is 9.89. The molecule has 0 amide bonds. The molecule has 5 heteroatoms. The third-order valence-corrected chi connectivity index (χ3v) is 7.48. The van der Waals surface area contributed by atoms with Crippen LogP contribution in [-0.2, 0) is 11.2 Å². The molecule has 4 rings (SSSR count). The maximum atomic E-state index is 5.69. The van der Waals surface area contributed by atoms with E-state index in [9.17, 15) is 0 Å². The number of nitrogens with one attached hydrogen (secondary N) is 1. The molecule has 0 bridgehead atoms. The zero-order chi connectivity index (χ0) is 21.4. The van der Waals surface area contributed by atoms with Crippen LogP contribution in [-0.4, -0.2) is 74.8 Å². The van der Waals surface area contributed by atoms with E-state index in [1.165, 1.54) is 70.1 Å². The first-order valence-corrected chi connectivity index (χ1v) is 12.6. The molecule has 3 heterocycles. The first-order chi connectivity index (χ1) is 15.3. The molecule has 1 aromatic rings. The van der Waals surface area contributed by atoms with Crippen molar-refractivity contribution in [1.29, 1.82) is 0 Å². The summed E-state index contributed by atoms with van der Waals surface area (Å²) in [5.41, 5.74) is 1.89. The van der Waals surface area contributed by atoms with Crippen molar-refractivity contribution in [2.24, 2.45) is 16.3 Å². The third kappa shape index (κ3) is 6.45. The lowest BCUT2D eigenvalue weighted by atomic mass is 9.87. The molecule has 1 unspecified atom stereocenters. The largest absolute Gasteiger partial charge is 0.381 e. The molecule has 0 aliphatic carbocycles. The minimum Gasteiger partial charge on any atom is -0.381 e. The van der Waals surface area contributed by atoms with Gasteiger partial charge in [0.15, 0.2) is 5.96 Å². The second kappa shape index (κ2) is 11.3. The second-order valence-electron chi connectivity index (χ2n) is 9.89. The molecule has 3 aliphatic heterocycles. The van der Waals surface area contributed by atoms with Gasteiger partial charge >= 0.3 is 0 Å². The number of hydrogen-bond acceptors (Lipinski definition) is 3. The average Bonchev–Trinajstić information content (AvgIpc) is 3.44. The topological polar surface area (TPSA) is 40.1 Å². The fourth-order valence-corrected chi connectivity index (χ4v) is 5.51. The van der Waals surface area contributed by atoms with Crippen molar-refractivity contribution in [1.82, 2.24) is 15.1 Å². The normalized spacial score (nSPS) is 25.6. The molecule has 1 atom stereocenters. The van der Waals surface area contributed by atoms with E-state index in [0.717, 1.165) is 51.3 Å². The Bertz CT molecular complexity index is 678. The number of benzene rings is 1. The van der Waals surface area contributed by atoms with Gasteiger partial charge in [0.25, 0.3) is 0 Å². The zero-order valence-electron chi connectivity index (χ0n) is 19.5. The summed E-state index contributed by atoms with van der Waals surface area (Å²) < 4.78 is 5.69. The van der Waals surface area contributed by atoms with Crippen molar-refractivity contribution in [2.75, 3.05) is 59.0 Å². The summed E-state index contributed by atoms with van der Waals surface area (Å²) in [7, 11) is 0. The number of nitrogens with zero attached hydrogens (tertiary/aromatic N) is 3. The van der Waals surface area contributed by atoms with Gasteiger partial charge in [-0.2, -0.15) is 0 Å². The van der Waals surface area contributed by atoms with E-state index in [4.69, 9.17) is 9.73 Å². The van der Waals surface area contributed by atoms with Gasteiger partial charge in [-0.15, -0.1) is 0 Å². The summed E-state index contributed by atoms with van der Waals surface area (Å²) in [5.74, 6) is 1.98. The Hall–Kier alpha value is -1.59. The quantitative estimate of drug-likeness (QED) is 0.390. The Labute approximate surface area is 189 Å². The van der Waals surface area contributed by atoms with Gasteiger partial charge in [0.05, 0.1) is 6.61 Å². The monoisotopic (exact) mass is 426 g/mol. The summed E-state index contributed by atoms with van der Waals surface area (Å²) in [5, 5.41) is 3.52. The number of guanidine groups is 1. The van der Waals surface area contributed by atoms with Crippen LogP contribution in [0.4, 0.5) is 0 Å². The molecule has 1 N–H and O–H groups in total. The fraction of sp³-hybridized carbons (Fsp3) is 0.731. The highest BCUT2D eigenvalue weighted by molar-refractivity contribution is 5.80. The standard InChI is InChI=1S/C26H42N4O/c1-2-27-25(30-18-12-26(21-30)13-19-31-22-26)28-14-6-7-15-29-16-10-24(11-17-29)20-23-8-4-3-5-9-23/h3-5,8-9,24H,2,6-7,10-22H2,1H3,(H,27,28). The van der Waals surface area contributed by atoms with Gasteiger partial charge < -0.3 is 19.9 Å². The Morgan fingerprint density at radius 3 is 2.71 bits per heavy atom. The summed E-state index contributed by atoms with van der Waals surface area (Å²) in [6.07, 6.45) is 8.84. The van der Waals surface area contributed by atoms with Gasteiger partial charge in [-0.25, -0.2) is 0 Å². The van der Waals surface area contributed by atoms with Crippen LogP contribution in [0.3, 0.4) is 0 Å². The molecule has 5 nitrogen and oxygen atoms in total. The molecule has 0 saturated carbocycles. The van der Waals surface area contributed by atoms with Gasteiger partial charge in [0.2, 0.25) is 0 Å². The number of ether oxygens (including phenoxy) is 1. The Morgan fingerprint density at radius 1 is 1.13 bits per heavy atom. The number of rotatable bonds is 8. The minimum atomic E-state index is 0.392. The Morgan fingerprint density at radius 2 is 1.97 bits per heavy atom. The van der Waals surface area contributed by atoms with Gasteiger partial charge in [0, 0.05) is 38.2 Å². The number of likely N-dealkylation sites (tertiary alicyclic amines) is 2. The van der Waals surface area contributed by atoms with E-state index in [1.807, 2.05) is 0 Å². The summed E-state index contributed by atoms with van der Waals surface area (Å²) in [4.78, 5) is 10.1. The lowest BCUT2D eigenvalue weighted by Gasteiger charge is -2.32. The molecule has 1 aromatic carbocycles. The summed E-state index contributed by atoms with van der Waals surface area (Å²) >= 11 is 0. The smallest absolute Gasteiger partial charge is 0.193 e. The van der Waals surface area contributed by atoms with Gasteiger partial charge in [-0.1, -0.05) is 30.3 Å². The maximum Gasteiger partial charge on any atom is 0.193 e. The first kappa shape index (κ1) is 22.6. The molecule has 0 aromatic heterocycles. The van der Waals surface area contributed by atoms with Crippen LogP contribution in [0.2, 0.25) is 0 Å². The van der Waals surface area contributed by atoms with Crippen molar-refractivity contribution < 1.29 is 4.74 Å². The van der Waals surface area contributed by atoms with Crippen LogP contribution in [0.5, 0.6) is 0 Å². The van der Waals surface area contributed by atoms with E-state index in [1.54, 1.807) is 0 Å². The van der Waals surface area contributed by atoms with Gasteiger partial charge in [-0.05, 0) is 83.0 Å². The van der Waals surface area contributed by atoms with Crippen molar-refractivity contribution in [3.63, 3.8) is 0 Å². The predicted molar refractivity (Wildman–Crippen MR) is 129 cm³/mol. The lowest BCUT2D eigenvalue weighted by Crippen LogP contribution is -2.41. The average molecular weight is 427 g/mol. The van der Waals surface area contributed by atoms with Crippen molar-refractivity contribution >= 4 is 5.96 Å². The molecule has 31 heavy (non-hydrogen) atoms. The molecule has 172 valence electrons. The Kier molecular flexibility index (Phi) is 8.26. The van der Waals surface area contributed by atoms with Gasteiger partial charge in [0.1, 0.15) is 0 Å². The molecule has 1 spiro atoms. The van der Waals surface area contributed by atoms with E-state index in [2.05, 4.69) is 52.4 Å². The molecule has 3 fully saturated rings. The highest BCUT2D eigenvalue weighted by Gasteiger charge is 2.42. The van der Waals surface area contributed by atoms with E-state index in [0.29, 0.717) is 5.41 Å². The van der Waals surface area contributed by atoms with Crippen LogP contribution in [0, 0.1) is 11.3 Å². The van der Waals surface area contributed by atoms with Crippen LogP contribution in [0.1, 0.15) is 51.0 Å². The van der Waals surface area contributed by atoms with Crippen molar-refractivity contribution in [3.05, 3.63) is 35.9 Å². The predicted octanol–water partition coefficient (Wildman–Crippen LogP) is 3.80. The number of aliphatic imine (C=N–C) groups is 1. The summed E-state index contributed by atoms with van der Waals surface area (Å²) in [6, 6.07) is 11.0. The Balaban J connectivity index is 1.13. The number of piperidine rings is 1. The van der Waals surface area contributed by atoms with Crippen molar-refractivity contribution in [3.8, 4) is 0 Å². The summed E-state index contributed by atoms with van der Waals surface area (Å²) in [6.45, 7) is 11.9. The van der Waals surface area contributed by atoms with Gasteiger partial charge in [-0.3, -0.25) is 4.99 Å². The van der Waals surface area contributed by atoms with Crippen LogP contribution < -0.4 is 5.32 Å². The molecule has 0 radical (unpaired) electrons. The molecular formula is C26H42N4O. The van der Waals surface area contributed by atoms with E-state index in [-0.39, 0.29) is 0 Å². The zero-order valence-corrected chi connectivity index (χ0v) is 19.5. The van der Waals surface area contributed by atoms with E-state index < -0.39 is 0 Å². The van der Waals surface area contributed by atoms with Crippen LogP contribution in [0.15, 0.2) is 35.3 Å². The van der Waals surface area contributed by atoms with Crippen LogP contribution >= 0.6 is 0 Å². The number of hydrogen-bond donors (Lipinski definition) is 1. The minimum absolute atomic E-state index is 0.392. The third-order valence-electron chi connectivity index (χ3n) is 7.48. The number of unbranched alkanes of at least 4 members (excludes halogenated alkanes) is 1. The van der Waals surface area contributed by atoms with Crippen LogP contribution in [0.25, 0.3) is 0 Å². The first-order valence-electron chi connectivity index (χ1n) is 12.6. The van der Waals surface area contributed by atoms with Crippen molar-refractivity contribution in [2.45, 2.75) is 51.9 Å². The molecular weight excluding hydrogens is 384 g/mol. The SMILES string of the molecule is CCNC(=NCCCCN1CCC(Cc2ccccc2)CC1)N1CCC2(CCOC2)C1. The highest BCUT2D eigenvalue weighted by atomic mass is 16.5. The van der Waals surface area contributed by atoms with E-state index >= 15 is 0 Å². The fourth-order valence-electron chi connectivity index (χ4n) is 5.51. The molecule has 3 aliphatic rings.